The van der Waals surface area contributed by atoms with Crippen molar-refractivity contribution in [3.05, 3.63) is 58.9 Å². The maximum absolute atomic E-state index is 14.4. The van der Waals surface area contributed by atoms with Crippen LogP contribution >= 0.6 is 11.3 Å². The standard InChI is InChI=1S/C20H18F2N6S/c1-11-9-29-20(25-11)18-16-8-17(24-10-28(16)26-19(18)23)27-6-2-3-15(27)13-7-12(21)4-5-14(13)22/h4-5,7-10,15H,2-3,6H2,1H3,(H2,23,26). The van der Waals surface area contributed by atoms with Crippen molar-refractivity contribution in [3.63, 3.8) is 0 Å². The van der Waals surface area contributed by atoms with E-state index >= 15 is 0 Å². The van der Waals surface area contributed by atoms with Crippen LogP contribution in [0.25, 0.3) is 16.1 Å². The summed E-state index contributed by atoms with van der Waals surface area (Å²) in [6.07, 6.45) is 3.20. The lowest BCUT2D eigenvalue weighted by atomic mass is 10.0. The molecule has 1 aromatic carbocycles. The van der Waals surface area contributed by atoms with Crippen molar-refractivity contribution in [1.29, 1.82) is 0 Å². The van der Waals surface area contributed by atoms with E-state index in [2.05, 4.69) is 15.1 Å². The smallest absolute Gasteiger partial charge is 0.156 e. The van der Waals surface area contributed by atoms with Gasteiger partial charge in [-0.3, -0.25) is 0 Å². The molecule has 5 rings (SSSR count). The van der Waals surface area contributed by atoms with E-state index in [4.69, 9.17) is 5.73 Å². The molecule has 9 heteroatoms. The summed E-state index contributed by atoms with van der Waals surface area (Å²) in [5.41, 5.74) is 8.97. The molecule has 1 atom stereocenters. The van der Waals surface area contributed by atoms with Crippen LogP contribution in [0, 0.1) is 18.6 Å². The summed E-state index contributed by atoms with van der Waals surface area (Å²) in [7, 11) is 0. The van der Waals surface area contributed by atoms with Crippen LogP contribution in [-0.2, 0) is 0 Å². The fourth-order valence-electron chi connectivity index (χ4n) is 3.94. The molecule has 0 saturated carbocycles. The number of hydrogen-bond donors (Lipinski definition) is 1. The van der Waals surface area contributed by atoms with E-state index in [-0.39, 0.29) is 6.04 Å². The first-order valence-electron chi connectivity index (χ1n) is 9.29. The molecule has 0 spiro atoms. The molecule has 0 amide bonds. The number of aryl methyl sites for hydroxylation is 1. The quantitative estimate of drug-likeness (QED) is 0.541. The average molecular weight is 412 g/mol. The van der Waals surface area contributed by atoms with E-state index in [0.717, 1.165) is 40.7 Å². The third kappa shape index (κ3) is 3.02. The molecule has 1 fully saturated rings. The number of rotatable bonds is 3. The van der Waals surface area contributed by atoms with Crippen LogP contribution in [0.2, 0.25) is 0 Å². The zero-order valence-corrected chi connectivity index (χ0v) is 16.5. The molecule has 1 saturated heterocycles. The van der Waals surface area contributed by atoms with Crippen molar-refractivity contribution in [3.8, 4) is 10.6 Å². The number of nitrogens with two attached hydrogens (primary N) is 1. The summed E-state index contributed by atoms with van der Waals surface area (Å²) < 4.78 is 29.8. The Morgan fingerprint density at radius 1 is 1.24 bits per heavy atom. The molecule has 6 nitrogen and oxygen atoms in total. The lowest BCUT2D eigenvalue weighted by Gasteiger charge is -2.26. The zero-order chi connectivity index (χ0) is 20.1. The van der Waals surface area contributed by atoms with Gasteiger partial charge in [0, 0.05) is 29.2 Å². The SMILES string of the molecule is Cc1csc(-c2c(N)nn3cnc(N4CCCC4c4cc(F)ccc4F)cc23)n1. The van der Waals surface area contributed by atoms with E-state index in [1.807, 2.05) is 23.3 Å². The van der Waals surface area contributed by atoms with Gasteiger partial charge in [-0.25, -0.2) is 23.3 Å². The molecule has 4 aromatic rings. The molecule has 0 aliphatic carbocycles. The molecule has 29 heavy (non-hydrogen) atoms. The van der Waals surface area contributed by atoms with E-state index in [1.165, 1.54) is 23.5 Å². The molecule has 0 radical (unpaired) electrons. The van der Waals surface area contributed by atoms with E-state index in [9.17, 15) is 8.78 Å². The Balaban J connectivity index is 1.60. The van der Waals surface area contributed by atoms with E-state index < -0.39 is 11.6 Å². The monoisotopic (exact) mass is 412 g/mol. The predicted molar refractivity (Wildman–Crippen MR) is 109 cm³/mol. The molecule has 2 N–H and O–H groups in total. The zero-order valence-electron chi connectivity index (χ0n) is 15.6. The van der Waals surface area contributed by atoms with E-state index in [0.29, 0.717) is 23.7 Å². The minimum absolute atomic E-state index is 0.272. The fraction of sp³-hybridized carbons (Fsp3) is 0.250. The number of halogens is 2. The Labute approximate surface area is 169 Å². The first-order chi connectivity index (χ1) is 14.0. The number of aromatic nitrogens is 4. The largest absolute Gasteiger partial charge is 0.382 e. The number of nitrogens with zero attached hydrogens (tertiary/aromatic N) is 5. The molecular formula is C20H18F2N6S. The average Bonchev–Trinajstić information content (AvgIpc) is 3.41. The molecule has 0 bridgehead atoms. The van der Waals surface area contributed by atoms with Crippen LogP contribution in [-0.4, -0.2) is 26.1 Å². The highest BCUT2D eigenvalue weighted by Gasteiger charge is 2.30. The predicted octanol–water partition coefficient (Wildman–Crippen LogP) is 4.36. The second kappa shape index (κ2) is 6.77. The van der Waals surface area contributed by atoms with Crippen LogP contribution in [0.5, 0.6) is 0 Å². The van der Waals surface area contributed by atoms with Crippen molar-refractivity contribution >= 4 is 28.5 Å². The van der Waals surface area contributed by atoms with Crippen molar-refractivity contribution in [2.45, 2.75) is 25.8 Å². The van der Waals surface area contributed by atoms with Crippen LogP contribution < -0.4 is 10.6 Å². The highest BCUT2D eigenvalue weighted by molar-refractivity contribution is 7.13. The van der Waals surface area contributed by atoms with Gasteiger partial charge < -0.3 is 10.6 Å². The van der Waals surface area contributed by atoms with Crippen LogP contribution in [0.4, 0.5) is 20.4 Å². The minimum Gasteiger partial charge on any atom is -0.382 e. The van der Waals surface area contributed by atoms with Crippen molar-refractivity contribution in [2.75, 3.05) is 17.2 Å². The highest BCUT2D eigenvalue weighted by atomic mass is 32.1. The summed E-state index contributed by atoms with van der Waals surface area (Å²) in [6.45, 7) is 2.64. The summed E-state index contributed by atoms with van der Waals surface area (Å²) in [5, 5.41) is 7.09. The van der Waals surface area contributed by atoms with Gasteiger partial charge in [-0.15, -0.1) is 16.4 Å². The van der Waals surface area contributed by atoms with Gasteiger partial charge in [-0.1, -0.05) is 0 Å². The molecule has 148 valence electrons. The number of nitrogen functional groups attached to an aromatic ring is 1. The van der Waals surface area contributed by atoms with Gasteiger partial charge in [0.25, 0.3) is 0 Å². The molecule has 1 unspecified atom stereocenters. The summed E-state index contributed by atoms with van der Waals surface area (Å²) in [6, 6.07) is 5.21. The van der Waals surface area contributed by atoms with Crippen molar-refractivity contribution < 1.29 is 8.78 Å². The van der Waals surface area contributed by atoms with Gasteiger partial charge in [0.1, 0.15) is 28.8 Å². The number of hydrogen-bond acceptors (Lipinski definition) is 6. The maximum Gasteiger partial charge on any atom is 0.156 e. The normalized spacial score (nSPS) is 16.8. The molecule has 3 aromatic heterocycles. The van der Waals surface area contributed by atoms with Gasteiger partial charge >= 0.3 is 0 Å². The third-order valence-corrected chi connectivity index (χ3v) is 6.21. The third-order valence-electron chi connectivity index (χ3n) is 5.24. The molecular weight excluding hydrogens is 394 g/mol. The Kier molecular flexibility index (Phi) is 4.20. The van der Waals surface area contributed by atoms with Gasteiger partial charge in [0.15, 0.2) is 5.82 Å². The first-order valence-corrected chi connectivity index (χ1v) is 10.2. The number of fused-ring (bicyclic) bond motifs is 1. The van der Waals surface area contributed by atoms with Crippen molar-refractivity contribution in [1.82, 2.24) is 19.6 Å². The molecule has 1 aliphatic heterocycles. The molecule has 1 aliphatic rings. The second-order valence-corrected chi connectivity index (χ2v) is 8.01. The second-order valence-electron chi connectivity index (χ2n) is 7.15. The lowest BCUT2D eigenvalue weighted by molar-refractivity contribution is 0.560. The Bertz CT molecular complexity index is 1220. The van der Waals surface area contributed by atoms with Crippen LogP contribution in [0.3, 0.4) is 0 Å². The summed E-state index contributed by atoms with van der Waals surface area (Å²) in [4.78, 5) is 11.1. The number of anilines is 2. The summed E-state index contributed by atoms with van der Waals surface area (Å²) in [5.74, 6) is 0.212. The highest BCUT2D eigenvalue weighted by Crippen LogP contribution is 2.39. The summed E-state index contributed by atoms with van der Waals surface area (Å²) >= 11 is 1.51. The Hall–Kier alpha value is -3.07. The Morgan fingerprint density at radius 2 is 2.10 bits per heavy atom. The van der Waals surface area contributed by atoms with E-state index in [1.54, 1.807) is 10.8 Å². The van der Waals surface area contributed by atoms with Gasteiger partial charge in [-0.2, -0.15) is 0 Å². The fourth-order valence-corrected chi connectivity index (χ4v) is 4.80. The minimum atomic E-state index is -0.443. The topological polar surface area (TPSA) is 72.3 Å². The van der Waals surface area contributed by atoms with Gasteiger partial charge in [0.2, 0.25) is 0 Å². The van der Waals surface area contributed by atoms with Crippen molar-refractivity contribution in [2.24, 2.45) is 0 Å². The van der Waals surface area contributed by atoms with Gasteiger partial charge in [0.05, 0.1) is 17.1 Å². The van der Waals surface area contributed by atoms with Crippen LogP contribution in [0.1, 0.15) is 30.1 Å². The van der Waals surface area contributed by atoms with Gasteiger partial charge in [-0.05, 0) is 38.0 Å². The molecule has 4 heterocycles. The Morgan fingerprint density at radius 3 is 2.90 bits per heavy atom. The maximum atomic E-state index is 14.4. The number of benzene rings is 1. The lowest BCUT2D eigenvalue weighted by Crippen LogP contribution is -2.24. The number of thiazole rings is 1. The first kappa shape index (κ1) is 18.0. The van der Waals surface area contributed by atoms with Crippen LogP contribution in [0.15, 0.2) is 36.0 Å².